The van der Waals surface area contributed by atoms with E-state index >= 15 is 0 Å². The van der Waals surface area contributed by atoms with Crippen LogP contribution in [0.3, 0.4) is 0 Å². The van der Waals surface area contributed by atoms with E-state index in [1.165, 1.54) is 41.7 Å². The fourth-order valence-corrected chi connectivity index (χ4v) is 11.2. The van der Waals surface area contributed by atoms with Gasteiger partial charge in [0.1, 0.15) is 11.2 Å². The van der Waals surface area contributed by atoms with Crippen LogP contribution in [-0.4, -0.2) is 15.0 Å². The second-order valence-corrected chi connectivity index (χ2v) is 18.2. The lowest BCUT2D eigenvalue weighted by atomic mass is 9.90. The highest BCUT2D eigenvalue weighted by Crippen LogP contribution is 2.46. The number of benzene rings is 11. The average Bonchev–Trinajstić information content (AvgIpc) is 3.95. The maximum Gasteiger partial charge on any atom is 0.164 e. The molecular weight excluding hydrogens is 823 g/mol. The van der Waals surface area contributed by atoms with Crippen LogP contribution in [0.25, 0.3) is 142 Å². The molecule has 0 aliphatic heterocycles. The number of hydrogen-bond acceptors (Lipinski definition) is 5. The molecule has 0 N–H and O–H groups in total. The van der Waals surface area contributed by atoms with Gasteiger partial charge in [0.05, 0.1) is 0 Å². The number of aromatic nitrogens is 3. The SMILES string of the molecule is c1ccc2cc(-c3nc(-c4ccc5c(c4)sc4ccccc45)nc(-c4ccc(-c5ccc(-c6ccc7ccccc7c6)c6oc7cc8ccccc8cc7c56)c5ccccc45)n3)ccc2c1. The van der Waals surface area contributed by atoms with Gasteiger partial charge >= 0.3 is 0 Å². The quantitative estimate of drug-likeness (QED) is 0.173. The molecule has 0 aliphatic rings. The maximum atomic E-state index is 6.98. The Bertz CT molecular complexity index is 4320. The molecule has 14 aromatic rings. The third-order valence-corrected chi connectivity index (χ3v) is 14.4. The van der Waals surface area contributed by atoms with Gasteiger partial charge in [-0.1, -0.05) is 164 Å². The first-order chi connectivity index (χ1) is 32.7. The lowest BCUT2D eigenvalue weighted by molar-refractivity contribution is 0.670. The summed E-state index contributed by atoms with van der Waals surface area (Å²) in [4.78, 5) is 15.8. The smallest absolute Gasteiger partial charge is 0.164 e. The van der Waals surface area contributed by atoms with Crippen LogP contribution in [0.4, 0.5) is 0 Å². The van der Waals surface area contributed by atoms with E-state index in [-0.39, 0.29) is 0 Å². The van der Waals surface area contributed by atoms with E-state index in [4.69, 9.17) is 19.4 Å². The second kappa shape index (κ2) is 14.5. The lowest BCUT2D eigenvalue weighted by Gasteiger charge is -2.15. The summed E-state index contributed by atoms with van der Waals surface area (Å²) in [5.41, 5.74) is 8.98. The highest BCUT2D eigenvalue weighted by molar-refractivity contribution is 7.25. The minimum absolute atomic E-state index is 0.624. The predicted molar refractivity (Wildman–Crippen MR) is 277 cm³/mol. The molecule has 66 heavy (non-hydrogen) atoms. The summed E-state index contributed by atoms with van der Waals surface area (Å²) in [6, 6.07) is 75.8. The van der Waals surface area contributed by atoms with Crippen LogP contribution in [0.15, 0.2) is 217 Å². The van der Waals surface area contributed by atoms with Gasteiger partial charge in [-0.15, -0.1) is 11.3 Å². The fraction of sp³-hybridized carbons (Fsp3) is 0. The van der Waals surface area contributed by atoms with Crippen molar-refractivity contribution >= 4 is 96.5 Å². The van der Waals surface area contributed by atoms with Crippen LogP contribution in [-0.2, 0) is 0 Å². The number of thiophene rings is 1. The average molecular weight is 858 g/mol. The molecular formula is C61H35N3OS. The molecule has 0 saturated carbocycles. The fourth-order valence-electron chi connectivity index (χ4n) is 10.1. The summed E-state index contributed by atoms with van der Waals surface area (Å²) in [7, 11) is 0. The Morgan fingerprint density at radius 3 is 1.55 bits per heavy atom. The van der Waals surface area contributed by atoms with Crippen LogP contribution < -0.4 is 0 Å². The van der Waals surface area contributed by atoms with E-state index in [1.807, 2.05) is 0 Å². The van der Waals surface area contributed by atoms with Gasteiger partial charge < -0.3 is 4.42 Å². The molecule has 0 saturated heterocycles. The second-order valence-electron chi connectivity index (χ2n) is 17.1. The van der Waals surface area contributed by atoms with E-state index in [2.05, 4.69) is 212 Å². The Balaban J connectivity index is 0.986. The number of rotatable bonds is 5. The summed E-state index contributed by atoms with van der Waals surface area (Å²) in [6.45, 7) is 0. The maximum absolute atomic E-state index is 6.98. The molecule has 0 bridgehead atoms. The molecule has 14 rings (SSSR count). The molecule has 3 heterocycles. The summed E-state index contributed by atoms with van der Waals surface area (Å²) in [5, 5.41) is 13.9. The van der Waals surface area contributed by atoms with Crippen molar-refractivity contribution in [1.29, 1.82) is 0 Å². The third kappa shape index (κ3) is 5.87. The van der Waals surface area contributed by atoms with Gasteiger partial charge in [-0.3, -0.25) is 0 Å². The minimum atomic E-state index is 0.624. The number of hydrogen-bond donors (Lipinski definition) is 0. The molecule has 0 atom stereocenters. The van der Waals surface area contributed by atoms with Crippen molar-refractivity contribution in [3.05, 3.63) is 212 Å². The van der Waals surface area contributed by atoms with Gasteiger partial charge in [0, 0.05) is 53.2 Å². The van der Waals surface area contributed by atoms with Crippen molar-refractivity contribution in [2.75, 3.05) is 0 Å². The van der Waals surface area contributed by atoms with Crippen LogP contribution >= 0.6 is 11.3 Å². The van der Waals surface area contributed by atoms with E-state index in [1.54, 1.807) is 11.3 Å². The van der Waals surface area contributed by atoms with Crippen LogP contribution in [0.1, 0.15) is 0 Å². The van der Waals surface area contributed by atoms with E-state index < -0.39 is 0 Å². The van der Waals surface area contributed by atoms with Gasteiger partial charge in [0.15, 0.2) is 17.5 Å². The molecule has 0 radical (unpaired) electrons. The molecule has 0 spiro atoms. The van der Waals surface area contributed by atoms with Crippen LogP contribution in [0, 0.1) is 0 Å². The normalized spacial score (nSPS) is 11.9. The zero-order chi connectivity index (χ0) is 43.3. The van der Waals surface area contributed by atoms with E-state index in [9.17, 15) is 0 Å². The number of furan rings is 1. The monoisotopic (exact) mass is 857 g/mol. The summed E-state index contributed by atoms with van der Waals surface area (Å²) in [5.74, 6) is 1.89. The Kier molecular flexibility index (Phi) is 8.12. The Hall–Kier alpha value is -8.51. The van der Waals surface area contributed by atoms with Crippen LogP contribution in [0.2, 0.25) is 0 Å². The van der Waals surface area contributed by atoms with Gasteiger partial charge in [-0.05, 0) is 108 Å². The van der Waals surface area contributed by atoms with Crippen LogP contribution in [0.5, 0.6) is 0 Å². The molecule has 306 valence electrons. The third-order valence-electron chi connectivity index (χ3n) is 13.3. The predicted octanol–water partition coefficient (Wildman–Crippen LogP) is 17.1. The summed E-state index contributed by atoms with van der Waals surface area (Å²) < 4.78 is 9.45. The first-order valence-corrected chi connectivity index (χ1v) is 23.1. The van der Waals surface area contributed by atoms with Crippen molar-refractivity contribution in [3.63, 3.8) is 0 Å². The molecule has 0 aliphatic carbocycles. The van der Waals surface area contributed by atoms with Gasteiger partial charge in [-0.2, -0.15) is 0 Å². The Labute approximate surface area is 382 Å². The lowest BCUT2D eigenvalue weighted by Crippen LogP contribution is -2.01. The molecule has 11 aromatic carbocycles. The van der Waals surface area contributed by atoms with Crippen molar-refractivity contribution in [2.45, 2.75) is 0 Å². The molecule has 3 aromatic heterocycles. The van der Waals surface area contributed by atoms with Gasteiger partial charge in [0.25, 0.3) is 0 Å². The molecule has 0 amide bonds. The summed E-state index contributed by atoms with van der Waals surface area (Å²) in [6.07, 6.45) is 0. The number of nitrogens with zero attached hydrogens (tertiary/aromatic N) is 3. The van der Waals surface area contributed by atoms with E-state index in [0.29, 0.717) is 17.5 Å². The largest absolute Gasteiger partial charge is 0.455 e. The van der Waals surface area contributed by atoms with Gasteiger partial charge in [-0.25, -0.2) is 15.0 Å². The first-order valence-electron chi connectivity index (χ1n) is 22.2. The topological polar surface area (TPSA) is 51.8 Å². The zero-order valence-corrected chi connectivity index (χ0v) is 36.2. The molecule has 5 heteroatoms. The molecule has 4 nitrogen and oxygen atoms in total. The number of fused-ring (bicyclic) bond motifs is 10. The Morgan fingerprint density at radius 1 is 0.303 bits per heavy atom. The summed E-state index contributed by atoms with van der Waals surface area (Å²) >= 11 is 1.80. The van der Waals surface area contributed by atoms with Crippen molar-refractivity contribution in [1.82, 2.24) is 15.0 Å². The molecule has 0 unspecified atom stereocenters. The first kappa shape index (κ1) is 36.9. The molecule has 0 fully saturated rings. The zero-order valence-electron chi connectivity index (χ0n) is 35.4. The van der Waals surface area contributed by atoms with Crippen molar-refractivity contribution in [2.24, 2.45) is 0 Å². The highest BCUT2D eigenvalue weighted by Gasteiger charge is 2.22. The minimum Gasteiger partial charge on any atom is -0.455 e. The highest BCUT2D eigenvalue weighted by atomic mass is 32.1. The van der Waals surface area contributed by atoms with Gasteiger partial charge in [0.2, 0.25) is 0 Å². The standard InChI is InChI=1S/C61H35N3OS/c1-3-13-38-31-42(23-21-36(38)11-1)45-27-29-51(57-53-33-40-15-5-6-16-41(40)34-54(53)65-58(45)57)48-28-30-52(47-18-8-7-17-46(47)48)61-63-59(43-24-22-37-12-2-4-14-39(37)32-43)62-60(64-61)44-25-26-50-49-19-9-10-20-55(49)66-56(50)35-44/h1-35H. The van der Waals surface area contributed by atoms with E-state index in [0.717, 1.165) is 82.4 Å². The Morgan fingerprint density at radius 2 is 0.803 bits per heavy atom. The van der Waals surface area contributed by atoms with Crippen molar-refractivity contribution < 1.29 is 4.42 Å². The van der Waals surface area contributed by atoms with Crippen molar-refractivity contribution in [3.8, 4) is 56.4 Å².